The van der Waals surface area contributed by atoms with Gasteiger partial charge in [0, 0.05) is 9.92 Å². The summed E-state index contributed by atoms with van der Waals surface area (Å²) in [4.78, 5) is 12.0. The van der Waals surface area contributed by atoms with Crippen LogP contribution in [0.2, 0.25) is 5.02 Å². The molecule has 1 aromatic carbocycles. The Morgan fingerprint density at radius 3 is 2.73 bits per heavy atom. The van der Waals surface area contributed by atoms with Crippen LogP contribution in [-0.2, 0) is 4.74 Å². The van der Waals surface area contributed by atoms with Crippen molar-refractivity contribution in [3.63, 3.8) is 0 Å². The van der Waals surface area contributed by atoms with Gasteiger partial charge in [0.05, 0.1) is 6.61 Å². The summed E-state index contributed by atoms with van der Waals surface area (Å²) < 4.78 is 7.41. The van der Waals surface area contributed by atoms with Crippen molar-refractivity contribution in [2.45, 2.75) is 18.2 Å². The molecule has 5 heteroatoms. The molecule has 0 aliphatic heterocycles. The van der Waals surface area contributed by atoms with Gasteiger partial charge in [-0.15, -0.1) is 0 Å². The van der Waals surface area contributed by atoms with Crippen LogP contribution in [0.1, 0.15) is 13.3 Å². The highest BCUT2D eigenvalue weighted by Gasteiger charge is 2.01. The van der Waals surface area contributed by atoms with Crippen molar-refractivity contribution in [3.05, 3.63) is 29.3 Å². The van der Waals surface area contributed by atoms with Crippen molar-refractivity contribution < 1.29 is 9.53 Å². The summed E-state index contributed by atoms with van der Waals surface area (Å²) in [5.74, 6) is 0. The van der Waals surface area contributed by atoms with Crippen LogP contribution in [0.15, 0.2) is 29.2 Å². The predicted molar refractivity (Wildman–Crippen MR) is 62.1 cm³/mol. The first-order chi connectivity index (χ1) is 7.22. The van der Waals surface area contributed by atoms with E-state index in [0.717, 1.165) is 11.3 Å². The van der Waals surface area contributed by atoms with E-state index in [4.69, 9.17) is 16.3 Å². The molecule has 0 unspecified atom stereocenters. The van der Waals surface area contributed by atoms with E-state index >= 15 is 0 Å². The van der Waals surface area contributed by atoms with Gasteiger partial charge in [0.2, 0.25) is 0 Å². The molecule has 1 aromatic rings. The van der Waals surface area contributed by atoms with Crippen LogP contribution in [0, 0.1) is 0 Å². The SMILES string of the molecule is CCCOC(=O)NSc1ccc(Cl)cc1. The Hall–Kier alpha value is -0.870. The van der Waals surface area contributed by atoms with Gasteiger partial charge in [-0.05, 0) is 42.6 Å². The number of carbonyl (C=O) groups excluding carboxylic acids is 1. The Balaban J connectivity index is 2.30. The van der Waals surface area contributed by atoms with E-state index in [2.05, 4.69) is 4.72 Å². The van der Waals surface area contributed by atoms with E-state index in [9.17, 15) is 4.79 Å². The molecule has 15 heavy (non-hydrogen) atoms. The molecule has 1 amide bonds. The minimum atomic E-state index is -0.420. The van der Waals surface area contributed by atoms with Crippen molar-refractivity contribution in [2.75, 3.05) is 6.61 Å². The largest absolute Gasteiger partial charge is 0.449 e. The first-order valence-corrected chi connectivity index (χ1v) is 5.77. The van der Waals surface area contributed by atoms with Crippen LogP contribution < -0.4 is 4.72 Å². The normalized spacial score (nSPS) is 9.73. The van der Waals surface area contributed by atoms with E-state index < -0.39 is 6.09 Å². The monoisotopic (exact) mass is 245 g/mol. The van der Waals surface area contributed by atoms with Crippen LogP contribution in [0.4, 0.5) is 4.79 Å². The van der Waals surface area contributed by atoms with Gasteiger partial charge in [0.1, 0.15) is 0 Å². The highest BCUT2D eigenvalue weighted by atomic mass is 35.5. The second kappa shape index (κ2) is 6.58. The summed E-state index contributed by atoms with van der Waals surface area (Å²) in [5.41, 5.74) is 0. The maximum Gasteiger partial charge on any atom is 0.417 e. The Bertz CT molecular complexity index is 316. The van der Waals surface area contributed by atoms with Crippen LogP contribution >= 0.6 is 23.5 Å². The first kappa shape index (κ1) is 12.2. The zero-order chi connectivity index (χ0) is 11.1. The Morgan fingerprint density at radius 1 is 1.47 bits per heavy atom. The lowest BCUT2D eigenvalue weighted by atomic mass is 10.4. The van der Waals surface area contributed by atoms with Crippen LogP contribution in [0.3, 0.4) is 0 Å². The van der Waals surface area contributed by atoms with E-state index in [0.29, 0.717) is 11.6 Å². The number of halogens is 1. The third kappa shape index (κ3) is 4.95. The molecule has 0 saturated carbocycles. The summed E-state index contributed by atoms with van der Waals surface area (Å²) in [6.45, 7) is 2.38. The van der Waals surface area contributed by atoms with Crippen LogP contribution in [0.5, 0.6) is 0 Å². The molecule has 0 bridgehead atoms. The van der Waals surface area contributed by atoms with Gasteiger partial charge in [-0.1, -0.05) is 18.5 Å². The van der Waals surface area contributed by atoms with Crippen molar-refractivity contribution >= 4 is 29.6 Å². The molecule has 0 fully saturated rings. The Morgan fingerprint density at radius 2 is 2.13 bits per heavy atom. The maximum atomic E-state index is 11.1. The molecule has 0 radical (unpaired) electrons. The lowest BCUT2D eigenvalue weighted by Crippen LogP contribution is -2.17. The molecule has 0 aliphatic carbocycles. The Labute approximate surface area is 98.3 Å². The number of hydrogen-bond acceptors (Lipinski definition) is 3. The summed E-state index contributed by atoms with van der Waals surface area (Å²) in [6.07, 6.45) is 0.399. The summed E-state index contributed by atoms with van der Waals surface area (Å²) in [5, 5.41) is 0.674. The van der Waals surface area contributed by atoms with Gasteiger partial charge in [-0.3, -0.25) is 4.72 Å². The quantitative estimate of drug-likeness (QED) is 0.826. The molecule has 0 spiro atoms. The second-order valence-electron chi connectivity index (χ2n) is 2.79. The van der Waals surface area contributed by atoms with Crippen LogP contribution in [-0.4, -0.2) is 12.7 Å². The fourth-order valence-electron chi connectivity index (χ4n) is 0.827. The topological polar surface area (TPSA) is 38.3 Å². The fourth-order valence-corrected chi connectivity index (χ4v) is 1.49. The van der Waals surface area contributed by atoms with E-state index in [-0.39, 0.29) is 0 Å². The summed E-state index contributed by atoms with van der Waals surface area (Å²) in [6, 6.07) is 7.19. The third-order valence-electron chi connectivity index (χ3n) is 1.50. The molecule has 0 saturated heterocycles. The molecule has 0 aromatic heterocycles. The number of nitrogens with one attached hydrogen (secondary N) is 1. The Kier molecular flexibility index (Phi) is 5.36. The van der Waals surface area contributed by atoms with Gasteiger partial charge in [-0.2, -0.15) is 0 Å². The molecule has 82 valence electrons. The van der Waals surface area contributed by atoms with E-state index in [1.807, 2.05) is 19.1 Å². The molecule has 1 N–H and O–H groups in total. The van der Waals surface area contributed by atoms with Gasteiger partial charge in [-0.25, -0.2) is 4.79 Å². The molecule has 1 rings (SSSR count). The van der Waals surface area contributed by atoms with E-state index in [1.54, 1.807) is 12.1 Å². The van der Waals surface area contributed by atoms with Crippen molar-refractivity contribution in [3.8, 4) is 0 Å². The third-order valence-corrected chi connectivity index (χ3v) is 2.53. The molecule has 0 heterocycles. The predicted octanol–water partition coefficient (Wildman–Crippen LogP) is 3.48. The van der Waals surface area contributed by atoms with Gasteiger partial charge in [0.25, 0.3) is 0 Å². The first-order valence-electron chi connectivity index (χ1n) is 4.57. The highest BCUT2D eigenvalue weighted by molar-refractivity contribution is 7.98. The lowest BCUT2D eigenvalue weighted by Gasteiger charge is -2.04. The van der Waals surface area contributed by atoms with Crippen molar-refractivity contribution in [1.29, 1.82) is 0 Å². The average Bonchev–Trinajstić information content (AvgIpc) is 2.25. The minimum Gasteiger partial charge on any atom is -0.449 e. The molecular weight excluding hydrogens is 234 g/mol. The smallest absolute Gasteiger partial charge is 0.417 e. The van der Waals surface area contributed by atoms with Crippen molar-refractivity contribution in [2.24, 2.45) is 0 Å². The highest BCUT2D eigenvalue weighted by Crippen LogP contribution is 2.17. The zero-order valence-corrected chi connectivity index (χ0v) is 9.90. The van der Waals surface area contributed by atoms with Gasteiger partial charge >= 0.3 is 6.09 Å². The average molecular weight is 246 g/mol. The van der Waals surface area contributed by atoms with Crippen molar-refractivity contribution in [1.82, 2.24) is 4.72 Å². The maximum absolute atomic E-state index is 11.1. The van der Waals surface area contributed by atoms with Gasteiger partial charge < -0.3 is 4.74 Å². The summed E-state index contributed by atoms with van der Waals surface area (Å²) in [7, 11) is 0. The minimum absolute atomic E-state index is 0.420. The molecule has 0 atom stereocenters. The second-order valence-corrected chi connectivity index (χ2v) is 4.11. The van der Waals surface area contributed by atoms with Crippen LogP contribution in [0.25, 0.3) is 0 Å². The number of ether oxygens (including phenoxy) is 1. The summed E-state index contributed by atoms with van der Waals surface area (Å²) >= 11 is 6.93. The standard InChI is InChI=1S/C10H12ClNO2S/c1-2-7-14-10(13)12-15-9-5-3-8(11)4-6-9/h3-6H,2,7H2,1H3,(H,12,13). The number of benzene rings is 1. The number of hydrogen-bond donors (Lipinski definition) is 1. The van der Waals surface area contributed by atoms with E-state index in [1.165, 1.54) is 11.9 Å². The molecule has 0 aliphatic rings. The lowest BCUT2D eigenvalue weighted by molar-refractivity contribution is 0.153. The molecule has 3 nitrogen and oxygen atoms in total. The number of rotatable bonds is 4. The number of carbonyl (C=O) groups is 1. The fraction of sp³-hybridized carbons (Fsp3) is 0.300. The van der Waals surface area contributed by atoms with Gasteiger partial charge in [0.15, 0.2) is 0 Å². The zero-order valence-electron chi connectivity index (χ0n) is 8.33. The number of amides is 1. The molecular formula is C10H12ClNO2S.